The first-order chi connectivity index (χ1) is 9.08. The molecule has 0 saturated heterocycles. The second-order valence-electron chi connectivity index (χ2n) is 5.17. The minimum Gasteiger partial charge on any atom is -0.378 e. The average molecular weight is 265 g/mol. The molecule has 0 bridgehead atoms. The molecule has 7 heteroatoms. The monoisotopic (exact) mass is 265 g/mol. The van der Waals surface area contributed by atoms with E-state index in [1.807, 2.05) is 0 Å². The van der Waals surface area contributed by atoms with Crippen molar-refractivity contribution < 1.29 is 4.92 Å². The van der Waals surface area contributed by atoms with Gasteiger partial charge in [0.25, 0.3) is 0 Å². The number of hydrogen-bond acceptors (Lipinski definition) is 6. The molecular formula is C12H19N5O2. The van der Waals surface area contributed by atoms with Crippen LogP contribution in [-0.4, -0.2) is 20.9 Å². The summed E-state index contributed by atoms with van der Waals surface area (Å²) in [6.45, 7) is 2.24. The van der Waals surface area contributed by atoms with Crippen LogP contribution < -0.4 is 11.1 Å². The minimum atomic E-state index is -0.531. The number of nitrogens with zero attached hydrogens (tertiary/aromatic N) is 3. The summed E-state index contributed by atoms with van der Waals surface area (Å²) >= 11 is 0. The van der Waals surface area contributed by atoms with Crippen LogP contribution in [0.15, 0.2) is 6.33 Å². The van der Waals surface area contributed by atoms with Crippen LogP contribution in [0, 0.1) is 16.0 Å². The Hall–Kier alpha value is -1.92. The van der Waals surface area contributed by atoms with Gasteiger partial charge >= 0.3 is 5.69 Å². The Balaban J connectivity index is 2.14. The van der Waals surface area contributed by atoms with E-state index in [9.17, 15) is 10.1 Å². The van der Waals surface area contributed by atoms with Crippen molar-refractivity contribution in [1.29, 1.82) is 0 Å². The molecule has 19 heavy (non-hydrogen) atoms. The van der Waals surface area contributed by atoms with Gasteiger partial charge in [-0.1, -0.05) is 19.8 Å². The Morgan fingerprint density at radius 3 is 2.89 bits per heavy atom. The predicted octanol–water partition coefficient (Wildman–Crippen LogP) is 2.35. The molecule has 2 unspecified atom stereocenters. The molecule has 104 valence electrons. The van der Waals surface area contributed by atoms with E-state index in [1.165, 1.54) is 12.7 Å². The normalized spacial score (nSPS) is 23.6. The zero-order valence-corrected chi connectivity index (χ0v) is 11.0. The lowest BCUT2D eigenvalue weighted by atomic mass is 10.0. The maximum absolute atomic E-state index is 11.0. The van der Waals surface area contributed by atoms with E-state index in [4.69, 9.17) is 5.73 Å². The van der Waals surface area contributed by atoms with Crippen LogP contribution in [0.25, 0.3) is 0 Å². The third kappa shape index (κ3) is 3.30. The Labute approximate surface area is 111 Å². The van der Waals surface area contributed by atoms with E-state index >= 15 is 0 Å². The number of anilines is 2. The van der Waals surface area contributed by atoms with Crippen molar-refractivity contribution in [1.82, 2.24) is 9.97 Å². The zero-order chi connectivity index (χ0) is 13.8. The van der Waals surface area contributed by atoms with Crippen LogP contribution in [0.2, 0.25) is 0 Å². The van der Waals surface area contributed by atoms with Gasteiger partial charge in [0, 0.05) is 6.04 Å². The number of nitrogen functional groups attached to an aromatic ring is 1. The average Bonchev–Trinajstić information content (AvgIpc) is 2.54. The quantitative estimate of drug-likeness (QED) is 0.493. The minimum absolute atomic E-state index is 0.0931. The van der Waals surface area contributed by atoms with Crippen LogP contribution in [0.5, 0.6) is 0 Å². The smallest absolute Gasteiger partial charge is 0.352 e. The Kier molecular flexibility index (Phi) is 4.13. The van der Waals surface area contributed by atoms with Gasteiger partial charge in [-0.15, -0.1) is 0 Å². The summed E-state index contributed by atoms with van der Waals surface area (Å²) in [5.41, 5.74) is 5.33. The van der Waals surface area contributed by atoms with Crippen molar-refractivity contribution in [2.75, 3.05) is 11.1 Å². The summed E-state index contributed by atoms with van der Waals surface area (Å²) in [6.07, 6.45) is 6.74. The van der Waals surface area contributed by atoms with Crippen LogP contribution in [0.4, 0.5) is 17.3 Å². The molecule has 0 radical (unpaired) electrons. The van der Waals surface area contributed by atoms with E-state index in [1.54, 1.807) is 0 Å². The molecule has 1 aliphatic rings. The molecule has 1 fully saturated rings. The summed E-state index contributed by atoms with van der Waals surface area (Å²) < 4.78 is 0. The van der Waals surface area contributed by atoms with Gasteiger partial charge in [-0.05, 0) is 25.2 Å². The van der Waals surface area contributed by atoms with Crippen molar-refractivity contribution in [3.63, 3.8) is 0 Å². The first kappa shape index (κ1) is 13.5. The molecule has 0 aliphatic heterocycles. The van der Waals surface area contributed by atoms with Crippen molar-refractivity contribution >= 4 is 17.3 Å². The topological polar surface area (TPSA) is 107 Å². The van der Waals surface area contributed by atoms with Gasteiger partial charge in [-0.25, -0.2) is 9.97 Å². The molecule has 2 rings (SSSR count). The highest BCUT2D eigenvalue weighted by Gasteiger charge is 2.24. The Morgan fingerprint density at radius 1 is 1.37 bits per heavy atom. The van der Waals surface area contributed by atoms with Gasteiger partial charge < -0.3 is 11.1 Å². The SMILES string of the molecule is CC1CCCC(Nc2ncnc(N)c2[N+](=O)[O-])CC1. The number of aromatic nitrogens is 2. The predicted molar refractivity (Wildman–Crippen MR) is 72.8 cm³/mol. The Bertz CT molecular complexity index is 465. The summed E-state index contributed by atoms with van der Waals surface area (Å²) in [6, 6.07) is 0.220. The van der Waals surface area contributed by atoms with Crippen molar-refractivity contribution in [3.8, 4) is 0 Å². The molecule has 2 atom stereocenters. The largest absolute Gasteiger partial charge is 0.378 e. The number of nitrogens with one attached hydrogen (secondary N) is 1. The van der Waals surface area contributed by atoms with Crippen molar-refractivity contribution in [2.45, 2.75) is 45.1 Å². The number of nitrogens with two attached hydrogens (primary N) is 1. The lowest BCUT2D eigenvalue weighted by Gasteiger charge is -2.16. The van der Waals surface area contributed by atoms with Crippen LogP contribution in [-0.2, 0) is 0 Å². The summed E-state index contributed by atoms with van der Waals surface area (Å²) in [5.74, 6) is 0.860. The molecule has 1 heterocycles. The highest BCUT2D eigenvalue weighted by atomic mass is 16.6. The molecule has 3 N–H and O–H groups in total. The fraction of sp³-hybridized carbons (Fsp3) is 0.667. The molecule has 1 aromatic rings. The van der Waals surface area contributed by atoms with E-state index in [0.717, 1.165) is 31.6 Å². The van der Waals surface area contributed by atoms with E-state index < -0.39 is 4.92 Å². The van der Waals surface area contributed by atoms with Gasteiger partial charge in [0.2, 0.25) is 11.6 Å². The second kappa shape index (κ2) is 5.81. The van der Waals surface area contributed by atoms with Gasteiger partial charge in [0.1, 0.15) is 6.33 Å². The third-order valence-corrected chi connectivity index (χ3v) is 3.63. The number of rotatable bonds is 3. The van der Waals surface area contributed by atoms with E-state index in [-0.39, 0.29) is 23.4 Å². The molecule has 1 aliphatic carbocycles. The lowest BCUT2D eigenvalue weighted by molar-refractivity contribution is -0.383. The molecule has 1 saturated carbocycles. The standard InChI is InChI=1S/C12H19N5O2/c1-8-3-2-4-9(6-5-8)16-12-10(17(18)19)11(13)14-7-15-12/h7-9H,2-6H2,1H3,(H3,13,14,15,16). The first-order valence-corrected chi connectivity index (χ1v) is 6.59. The molecular weight excluding hydrogens is 246 g/mol. The Morgan fingerprint density at radius 2 is 2.16 bits per heavy atom. The molecule has 0 amide bonds. The van der Waals surface area contributed by atoms with Crippen LogP contribution in [0.1, 0.15) is 39.0 Å². The molecule has 1 aromatic heterocycles. The number of nitro groups is 1. The highest BCUT2D eigenvalue weighted by Crippen LogP contribution is 2.30. The van der Waals surface area contributed by atoms with Gasteiger partial charge in [0.15, 0.2) is 0 Å². The summed E-state index contributed by atoms with van der Waals surface area (Å²) in [4.78, 5) is 18.1. The molecule has 7 nitrogen and oxygen atoms in total. The van der Waals surface area contributed by atoms with Gasteiger partial charge in [0.05, 0.1) is 4.92 Å². The number of hydrogen-bond donors (Lipinski definition) is 2. The third-order valence-electron chi connectivity index (χ3n) is 3.63. The van der Waals surface area contributed by atoms with E-state index in [2.05, 4.69) is 22.2 Å². The maximum Gasteiger partial charge on any atom is 0.352 e. The van der Waals surface area contributed by atoms with Gasteiger partial charge in [-0.3, -0.25) is 10.1 Å². The summed E-state index contributed by atoms with van der Waals surface area (Å²) in [5, 5.41) is 14.2. The molecule has 0 aromatic carbocycles. The lowest BCUT2D eigenvalue weighted by Crippen LogP contribution is -2.20. The van der Waals surface area contributed by atoms with Crippen LogP contribution >= 0.6 is 0 Å². The van der Waals surface area contributed by atoms with Crippen LogP contribution in [0.3, 0.4) is 0 Å². The second-order valence-corrected chi connectivity index (χ2v) is 5.17. The van der Waals surface area contributed by atoms with Crippen molar-refractivity contribution in [3.05, 3.63) is 16.4 Å². The summed E-state index contributed by atoms with van der Waals surface area (Å²) in [7, 11) is 0. The highest BCUT2D eigenvalue weighted by molar-refractivity contribution is 5.67. The maximum atomic E-state index is 11.0. The zero-order valence-electron chi connectivity index (χ0n) is 11.0. The first-order valence-electron chi connectivity index (χ1n) is 6.59. The fourth-order valence-electron chi connectivity index (χ4n) is 2.50. The van der Waals surface area contributed by atoms with E-state index in [0.29, 0.717) is 0 Å². The molecule has 0 spiro atoms. The van der Waals surface area contributed by atoms with Crippen molar-refractivity contribution in [2.24, 2.45) is 5.92 Å². The fourth-order valence-corrected chi connectivity index (χ4v) is 2.50. The van der Waals surface area contributed by atoms with Gasteiger partial charge in [-0.2, -0.15) is 0 Å².